The van der Waals surface area contributed by atoms with E-state index in [9.17, 15) is 4.79 Å². The number of benzene rings is 1. The van der Waals surface area contributed by atoms with Gasteiger partial charge in [0.05, 0.1) is 28.9 Å². The lowest BCUT2D eigenvalue weighted by Crippen LogP contribution is -2.35. The first-order valence-electron chi connectivity index (χ1n) is 11.3. The summed E-state index contributed by atoms with van der Waals surface area (Å²) in [5.41, 5.74) is 5.07. The van der Waals surface area contributed by atoms with Gasteiger partial charge in [-0.2, -0.15) is 0 Å². The maximum atomic E-state index is 12.1. The van der Waals surface area contributed by atoms with E-state index in [1.54, 1.807) is 7.11 Å². The van der Waals surface area contributed by atoms with Crippen molar-refractivity contribution in [3.63, 3.8) is 0 Å². The zero-order valence-electron chi connectivity index (χ0n) is 18.5. The molecule has 7 nitrogen and oxygen atoms in total. The minimum absolute atomic E-state index is 0.0312. The van der Waals surface area contributed by atoms with Crippen LogP contribution in [0, 0.1) is 13.8 Å². The van der Waals surface area contributed by atoms with Gasteiger partial charge in [-0.1, -0.05) is 11.2 Å². The van der Waals surface area contributed by atoms with Crippen LogP contribution in [-0.2, 0) is 9.53 Å². The molecular formula is C24H30N4O3. The number of aryl methyl sites for hydroxylation is 2. The Morgan fingerprint density at radius 1 is 1.16 bits per heavy atom. The molecule has 3 aromatic rings. The molecule has 1 N–H and O–H groups in total. The molecule has 2 aromatic heterocycles. The third-order valence-corrected chi connectivity index (χ3v) is 6.92. The molecule has 2 fully saturated rings. The molecule has 1 aliphatic heterocycles. The third kappa shape index (κ3) is 3.65. The standard InChI is InChI=1S/C24H30N4O3/c1-14-23(15(2)31-27-14)16-7-12-21-20(13-16)26-24(19-5-4-6-22(29)25-19)28(21)17-8-10-18(30-3)11-9-17/h7,12-13,17-19H,4-6,8-11H2,1-3H3,(H,25,29). The number of hydrogen-bond acceptors (Lipinski definition) is 5. The summed E-state index contributed by atoms with van der Waals surface area (Å²) in [7, 11) is 1.80. The molecule has 7 heteroatoms. The number of hydrogen-bond donors (Lipinski definition) is 1. The van der Waals surface area contributed by atoms with Crippen molar-refractivity contribution in [1.82, 2.24) is 20.0 Å². The number of carbonyl (C=O) groups is 1. The summed E-state index contributed by atoms with van der Waals surface area (Å²) in [6.07, 6.45) is 7.00. The van der Waals surface area contributed by atoms with Crippen molar-refractivity contribution in [2.24, 2.45) is 0 Å². The summed E-state index contributed by atoms with van der Waals surface area (Å²) in [6, 6.07) is 6.77. The van der Waals surface area contributed by atoms with Crippen molar-refractivity contribution in [2.75, 3.05) is 7.11 Å². The highest BCUT2D eigenvalue weighted by Crippen LogP contribution is 2.38. The molecule has 1 saturated carbocycles. The fraction of sp³-hybridized carbons (Fsp3) is 0.542. The Hall–Kier alpha value is -2.67. The van der Waals surface area contributed by atoms with Gasteiger partial charge in [-0.3, -0.25) is 4.79 Å². The number of rotatable bonds is 4. The Labute approximate surface area is 182 Å². The number of fused-ring (bicyclic) bond motifs is 1. The predicted octanol–water partition coefficient (Wildman–Crippen LogP) is 4.78. The molecule has 1 amide bonds. The quantitative estimate of drug-likeness (QED) is 0.654. The normalized spacial score (nSPS) is 24.5. The van der Waals surface area contributed by atoms with E-state index in [-0.39, 0.29) is 11.9 Å². The Bertz CT molecular complexity index is 1090. The minimum Gasteiger partial charge on any atom is -0.381 e. The molecular weight excluding hydrogens is 392 g/mol. The Morgan fingerprint density at radius 3 is 2.65 bits per heavy atom. The minimum atomic E-state index is -0.0312. The van der Waals surface area contributed by atoms with Crippen LogP contribution in [0.3, 0.4) is 0 Å². The molecule has 1 unspecified atom stereocenters. The number of methoxy groups -OCH3 is 1. The van der Waals surface area contributed by atoms with E-state index >= 15 is 0 Å². The highest BCUT2D eigenvalue weighted by molar-refractivity contribution is 5.84. The molecule has 3 heterocycles. The van der Waals surface area contributed by atoms with Crippen molar-refractivity contribution in [2.45, 2.75) is 77.0 Å². The number of carbonyl (C=O) groups excluding carboxylic acids is 1. The topological polar surface area (TPSA) is 82.2 Å². The van der Waals surface area contributed by atoms with Gasteiger partial charge in [0.2, 0.25) is 5.91 Å². The van der Waals surface area contributed by atoms with E-state index in [0.717, 1.165) is 78.0 Å². The molecule has 0 bridgehead atoms. The number of imidazole rings is 1. The van der Waals surface area contributed by atoms with Crippen LogP contribution in [0.15, 0.2) is 22.7 Å². The molecule has 1 saturated heterocycles. The fourth-order valence-corrected chi connectivity index (χ4v) is 5.34. The van der Waals surface area contributed by atoms with Crippen LogP contribution < -0.4 is 5.32 Å². The van der Waals surface area contributed by atoms with Crippen LogP contribution in [0.5, 0.6) is 0 Å². The number of nitrogens with one attached hydrogen (secondary N) is 1. The van der Waals surface area contributed by atoms with Crippen LogP contribution in [0.1, 0.15) is 74.3 Å². The second-order valence-electron chi connectivity index (χ2n) is 8.92. The molecule has 5 rings (SSSR count). The first-order chi connectivity index (χ1) is 15.0. The van der Waals surface area contributed by atoms with Crippen molar-refractivity contribution in [3.8, 4) is 11.1 Å². The monoisotopic (exact) mass is 422 g/mol. The first kappa shape index (κ1) is 20.2. The molecule has 0 spiro atoms. The van der Waals surface area contributed by atoms with Gasteiger partial charge in [0.25, 0.3) is 0 Å². The lowest BCUT2D eigenvalue weighted by atomic mass is 9.92. The molecule has 31 heavy (non-hydrogen) atoms. The zero-order valence-corrected chi connectivity index (χ0v) is 18.5. The number of amides is 1. The third-order valence-electron chi connectivity index (χ3n) is 6.92. The summed E-state index contributed by atoms with van der Waals surface area (Å²) in [5, 5.41) is 7.29. The summed E-state index contributed by atoms with van der Waals surface area (Å²) >= 11 is 0. The molecule has 2 aliphatic rings. The maximum Gasteiger partial charge on any atom is 0.220 e. The summed E-state index contributed by atoms with van der Waals surface area (Å²) in [4.78, 5) is 17.2. The van der Waals surface area contributed by atoms with E-state index in [2.05, 4.69) is 33.2 Å². The number of ether oxygens (including phenoxy) is 1. The van der Waals surface area contributed by atoms with Gasteiger partial charge in [0.15, 0.2) is 0 Å². The molecule has 1 aromatic carbocycles. The van der Waals surface area contributed by atoms with Crippen LogP contribution in [0.2, 0.25) is 0 Å². The summed E-state index contributed by atoms with van der Waals surface area (Å²) < 4.78 is 13.4. The lowest BCUT2D eigenvalue weighted by molar-refractivity contribution is -0.123. The van der Waals surface area contributed by atoms with E-state index in [0.29, 0.717) is 18.6 Å². The smallest absolute Gasteiger partial charge is 0.220 e. The van der Waals surface area contributed by atoms with Gasteiger partial charge < -0.3 is 19.1 Å². The largest absolute Gasteiger partial charge is 0.381 e. The van der Waals surface area contributed by atoms with Crippen LogP contribution in [0.25, 0.3) is 22.2 Å². The van der Waals surface area contributed by atoms with E-state index in [1.807, 2.05) is 13.8 Å². The fourth-order valence-electron chi connectivity index (χ4n) is 5.34. The lowest BCUT2D eigenvalue weighted by Gasteiger charge is -2.32. The highest BCUT2D eigenvalue weighted by atomic mass is 16.5. The average molecular weight is 423 g/mol. The van der Waals surface area contributed by atoms with Crippen molar-refractivity contribution >= 4 is 16.9 Å². The van der Waals surface area contributed by atoms with E-state index < -0.39 is 0 Å². The zero-order chi connectivity index (χ0) is 21.5. The van der Waals surface area contributed by atoms with Gasteiger partial charge in [-0.15, -0.1) is 0 Å². The number of nitrogens with zero attached hydrogens (tertiary/aromatic N) is 3. The van der Waals surface area contributed by atoms with Crippen LogP contribution >= 0.6 is 0 Å². The van der Waals surface area contributed by atoms with Crippen molar-refractivity contribution in [1.29, 1.82) is 0 Å². The predicted molar refractivity (Wildman–Crippen MR) is 118 cm³/mol. The average Bonchev–Trinajstić information content (AvgIpc) is 3.33. The van der Waals surface area contributed by atoms with E-state index in [4.69, 9.17) is 14.2 Å². The number of aromatic nitrogens is 3. The second kappa shape index (κ2) is 8.11. The summed E-state index contributed by atoms with van der Waals surface area (Å²) in [6.45, 7) is 3.90. The summed E-state index contributed by atoms with van der Waals surface area (Å²) in [5.74, 6) is 1.92. The van der Waals surface area contributed by atoms with Crippen molar-refractivity contribution in [3.05, 3.63) is 35.5 Å². The van der Waals surface area contributed by atoms with Crippen molar-refractivity contribution < 1.29 is 14.1 Å². The Kier molecular flexibility index (Phi) is 5.30. The van der Waals surface area contributed by atoms with Crippen LogP contribution in [0.4, 0.5) is 0 Å². The Morgan fingerprint density at radius 2 is 1.97 bits per heavy atom. The second-order valence-corrected chi connectivity index (χ2v) is 8.92. The highest BCUT2D eigenvalue weighted by Gasteiger charge is 2.30. The van der Waals surface area contributed by atoms with Gasteiger partial charge in [-0.25, -0.2) is 4.98 Å². The van der Waals surface area contributed by atoms with Gasteiger partial charge in [-0.05, 0) is 70.1 Å². The SMILES string of the molecule is COC1CCC(n2c(C3CCCC(=O)N3)nc3cc(-c4c(C)noc4C)ccc32)CC1. The van der Waals surface area contributed by atoms with Crippen LogP contribution in [-0.4, -0.2) is 33.8 Å². The molecule has 0 radical (unpaired) electrons. The molecule has 164 valence electrons. The van der Waals surface area contributed by atoms with E-state index in [1.165, 1.54) is 0 Å². The number of piperidine rings is 1. The first-order valence-corrected chi connectivity index (χ1v) is 11.3. The molecule has 1 aliphatic carbocycles. The maximum absolute atomic E-state index is 12.1. The van der Waals surface area contributed by atoms with Gasteiger partial charge >= 0.3 is 0 Å². The van der Waals surface area contributed by atoms with Gasteiger partial charge in [0, 0.05) is 25.1 Å². The van der Waals surface area contributed by atoms with Gasteiger partial charge in [0.1, 0.15) is 11.6 Å². The Balaban J connectivity index is 1.60. The molecule has 1 atom stereocenters.